The van der Waals surface area contributed by atoms with Gasteiger partial charge in [-0.05, 0) is 27.1 Å². The smallest absolute Gasteiger partial charge is 0.0214 e. The van der Waals surface area contributed by atoms with Crippen LogP contribution in [-0.4, -0.2) is 38.1 Å². The fourth-order valence-electron chi connectivity index (χ4n) is 1.11. The molecule has 0 saturated carbocycles. The van der Waals surface area contributed by atoms with Crippen molar-refractivity contribution >= 4 is 0 Å². The van der Waals surface area contributed by atoms with Gasteiger partial charge in [0.2, 0.25) is 0 Å². The predicted octanol–water partition coefficient (Wildman–Crippen LogP) is 0.936. The largest absolute Gasteiger partial charge is 0.318 e. The summed E-state index contributed by atoms with van der Waals surface area (Å²) in [6.07, 6.45) is 1.23. The van der Waals surface area contributed by atoms with Crippen LogP contribution in [0.25, 0.3) is 0 Å². The quantitative estimate of drug-likeness (QED) is 0.617. The van der Waals surface area contributed by atoms with Gasteiger partial charge in [0.15, 0.2) is 0 Å². The number of hydrogen-bond acceptors (Lipinski definition) is 2. The van der Waals surface area contributed by atoms with Crippen LogP contribution in [0.2, 0.25) is 0 Å². The van der Waals surface area contributed by atoms with E-state index in [2.05, 4.69) is 31.1 Å². The van der Waals surface area contributed by atoms with Gasteiger partial charge in [0, 0.05) is 12.6 Å². The highest BCUT2D eigenvalue weighted by molar-refractivity contribution is 4.66. The van der Waals surface area contributed by atoms with Crippen LogP contribution in [0.3, 0.4) is 0 Å². The summed E-state index contributed by atoms with van der Waals surface area (Å²) in [5.41, 5.74) is 0. The first kappa shape index (κ1) is 9.92. The average molecular weight is 144 g/mol. The molecule has 0 fully saturated rings. The molecule has 1 N–H and O–H groups in total. The minimum atomic E-state index is 0.704. The molecule has 2 nitrogen and oxygen atoms in total. The first-order valence-corrected chi connectivity index (χ1v) is 4.11. The summed E-state index contributed by atoms with van der Waals surface area (Å²) in [5.74, 6) is 0. The minimum Gasteiger partial charge on any atom is -0.318 e. The highest BCUT2D eigenvalue weighted by atomic mass is 15.1. The van der Waals surface area contributed by atoms with Gasteiger partial charge in [-0.2, -0.15) is 0 Å². The standard InChI is InChI=1S/C8H20N2/c1-5-8(7-9-3)10(4)6-2/h8-9H,5-7H2,1-4H3. The Morgan fingerprint density at radius 1 is 1.40 bits per heavy atom. The Morgan fingerprint density at radius 2 is 2.00 bits per heavy atom. The molecular formula is C8H20N2. The van der Waals surface area contributed by atoms with E-state index in [0.717, 1.165) is 13.1 Å². The molecule has 0 aromatic rings. The molecule has 10 heavy (non-hydrogen) atoms. The van der Waals surface area contributed by atoms with Crippen molar-refractivity contribution in [3.63, 3.8) is 0 Å². The van der Waals surface area contributed by atoms with Gasteiger partial charge in [0.1, 0.15) is 0 Å². The molecule has 0 amide bonds. The maximum absolute atomic E-state index is 3.19. The lowest BCUT2D eigenvalue weighted by atomic mass is 10.2. The van der Waals surface area contributed by atoms with Crippen LogP contribution in [0.15, 0.2) is 0 Å². The Hall–Kier alpha value is -0.0800. The van der Waals surface area contributed by atoms with Crippen LogP contribution in [0.1, 0.15) is 20.3 Å². The summed E-state index contributed by atoms with van der Waals surface area (Å²) in [6, 6.07) is 0.704. The molecule has 2 heteroatoms. The van der Waals surface area contributed by atoms with Crippen LogP contribution in [0.4, 0.5) is 0 Å². The lowest BCUT2D eigenvalue weighted by Gasteiger charge is -2.25. The number of likely N-dealkylation sites (N-methyl/N-ethyl adjacent to an activating group) is 2. The molecule has 0 rings (SSSR count). The molecule has 0 aliphatic rings. The zero-order valence-corrected chi connectivity index (χ0v) is 7.65. The molecule has 0 aliphatic heterocycles. The Balaban J connectivity index is 3.56. The summed E-state index contributed by atoms with van der Waals surface area (Å²) in [4.78, 5) is 2.37. The van der Waals surface area contributed by atoms with Crippen molar-refractivity contribution in [1.82, 2.24) is 10.2 Å². The van der Waals surface area contributed by atoms with Gasteiger partial charge in [0.05, 0.1) is 0 Å². The molecule has 0 aromatic carbocycles. The molecule has 0 bridgehead atoms. The number of hydrogen-bond donors (Lipinski definition) is 1. The minimum absolute atomic E-state index is 0.704. The van der Waals surface area contributed by atoms with Gasteiger partial charge >= 0.3 is 0 Å². The van der Waals surface area contributed by atoms with E-state index in [1.165, 1.54) is 6.42 Å². The van der Waals surface area contributed by atoms with Crippen molar-refractivity contribution in [3.05, 3.63) is 0 Å². The number of nitrogens with zero attached hydrogens (tertiary/aromatic N) is 1. The molecule has 1 atom stereocenters. The lowest BCUT2D eigenvalue weighted by molar-refractivity contribution is 0.244. The second-order valence-electron chi connectivity index (χ2n) is 2.69. The van der Waals surface area contributed by atoms with Gasteiger partial charge in [-0.25, -0.2) is 0 Å². The SMILES string of the molecule is CCC(CNC)N(C)CC. The van der Waals surface area contributed by atoms with Gasteiger partial charge in [0.25, 0.3) is 0 Å². The average Bonchev–Trinajstić information content (AvgIpc) is 1.99. The summed E-state index contributed by atoms with van der Waals surface area (Å²) >= 11 is 0. The van der Waals surface area contributed by atoms with Gasteiger partial charge in [-0.15, -0.1) is 0 Å². The predicted molar refractivity (Wildman–Crippen MR) is 46.3 cm³/mol. The third-order valence-corrected chi connectivity index (χ3v) is 2.03. The van der Waals surface area contributed by atoms with E-state index in [9.17, 15) is 0 Å². The van der Waals surface area contributed by atoms with Gasteiger partial charge in [-0.1, -0.05) is 13.8 Å². The Kier molecular flexibility index (Phi) is 5.64. The molecule has 0 aromatic heterocycles. The van der Waals surface area contributed by atoms with Crippen LogP contribution >= 0.6 is 0 Å². The highest BCUT2D eigenvalue weighted by Crippen LogP contribution is 1.98. The normalized spacial score (nSPS) is 14.1. The molecule has 0 aliphatic carbocycles. The van der Waals surface area contributed by atoms with E-state index in [1.807, 2.05) is 7.05 Å². The summed E-state index contributed by atoms with van der Waals surface area (Å²) in [7, 11) is 4.18. The first-order chi connectivity index (χ1) is 4.76. The van der Waals surface area contributed by atoms with Crippen molar-refractivity contribution < 1.29 is 0 Å². The van der Waals surface area contributed by atoms with E-state index in [0.29, 0.717) is 6.04 Å². The topological polar surface area (TPSA) is 15.3 Å². The molecule has 0 spiro atoms. The van der Waals surface area contributed by atoms with E-state index in [1.54, 1.807) is 0 Å². The molecular weight excluding hydrogens is 124 g/mol. The summed E-state index contributed by atoms with van der Waals surface area (Å²) < 4.78 is 0. The summed E-state index contributed by atoms with van der Waals surface area (Å²) in [5, 5.41) is 3.19. The van der Waals surface area contributed by atoms with Gasteiger partial charge in [-0.3, -0.25) is 0 Å². The fraction of sp³-hybridized carbons (Fsp3) is 1.00. The van der Waals surface area contributed by atoms with Crippen molar-refractivity contribution in [1.29, 1.82) is 0 Å². The second kappa shape index (κ2) is 5.69. The second-order valence-corrected chi connectivity index (χ2v) is 2.69. The monoisotopic (exact) mass is 144 g/mol. The fourth-order valence-corrected chi connectivity index (χ4v) is 1.11. The van der Waals surface area contributed by atoms with Crippen molar-refractivity contribution in [2.45, 2.75) is 26.3 Å². The zero-order chi connectivity index (χ0) is 7.98. The molecule has 0 radical (unpaired) electrons. The van der Waals surface area contributed by atoms with E-state index < -0.39 is 0 Å². The number of rotatable bonds is 5. The third kappa shape index (κ3) is 3.18. The molecule has 1 unspecified atom stereocenters. The maximum atomic E-state index is 3.19. The van der Waals surface area contributed by atoms with E-state index in [-0.39, 0.29) is 0 Å². The third-order valence-electron chi connectivity index (χ3n) is 2.03. The Morgan fingerprint density at radius 3 is 2.30 bits per heavy atom. The van der Waals surface area contributed by atoms with Crippen LogP contribution < -0.4 is 5.32 Å². The first-order valence-electron chi connectivity index (χ1n) is 4.11. The van der Waals surface area contributed by atoms with Crippen molar-refractivity contribution in [2.75, 3.05) is 27.2 Å². The van der Waals surface area contributed by atoms with Crippen LogP contribution in [-0.2, 0) is 0 Å². The Labute approximate surface area is 64.6 Å². The van der Waals surface area contributed by atoms with Crippen molar-refractivity contribution in [3.8, 4) is 0 Å². The molecule has 62 valence electrons. The van der Waals surface area contributed by atoms with E-state index >= 15 is 0 Å². The summed E-state index contributed by atoms with van der Waals surface area (Å²) in [6.45, 7) is 6.66. The zero-order valence-electron chi connectivity index (χ0n) is 7.65. The van der Waals surface area contributed by atoms with Gasteiger partial charge < -0.3 is 10.2 Å². The molecule has 0 heterocycles. The lowest BCUT2D eigenvalue weighted by Crippen LogP contribution is -2.38. The van der Waals surface area contributed by atoms with Crippen LogP contribution in [0, 0.1) is 0 Å². The van der Waals surface area contributed by atoms with Crippen molar-refractivity contribution in [2.24, 2.45) is 0 Å². The van der Waals surface area contributed by atoms with E-state index in [4.69, 9.17) is 0 Å². The number of nitrogens with one attached hydrogen (secondary N) is 1. The molecule has 0 saturated heterocycles. The maximum Gasteiger partial charge on any atom is 0.0214 e. The van der Waals surface area contributed by atoms with Crippen LogP contribution in [0.5, 0.6) is 0 Å². The Bertz CT molecular complexity index is 73.7. The highest BCUT2D eigenvalue weighted by Gasteiger charge is 2.07.